The van der Waals surface area contributed by atoms with Gasteiger partial charge in [0.1, 0.15) is 0 Å². The predicted octanol–water partition coefficient (Wildman–Crippen LogP) is 1.39. The Morgan fingerprint density at radius 3 is 2.35 bits per heavy atom. The number of hydrogen-bond donors (Lipinski definition) is 0. The number of carbonyl (C=O) groups excluding carboxylic acids is 1. The lowest BCUT2D eigenvalue weighted by atomic mass is 10.1. The van der Waals surface area contributed by atoms with Gasteiger partial charge in [0, 0.05) is 32.1 Å². The molecule has 1 aromatic carbocycles. The van der Waals surface area contributed by atoms with Gasteiger partial charge < -0.3 is 9.80 Å². The zero-order valence-electron chi connectivity index (χ0n) is 15.1. The minimum Gasteiger partial charge on any atom is -0.339 e. The van der Waals surface area contributed by atoms with E-state index >= 15 is 0 Å². The van der Waals surface area contributed by atoms with Crippen LogP contribution in [0.4, 0.5) is 0 Å². The average molecular weight is 378 g/mol. The van der Waals surface area contributed by atoms with E-state index < -0.39 is 10.0 Å². The second kappa shape index (κ2) is 7.29. The van der Waals surface area contributed by atoms with E-state index in [4.69, 9.17) is 0 Å². The van der Waals surface area contributed by atoms with Crippen molar-refractivity contribution in [3.8, 4) is 0 Å². The minimum absolute atomic E-state index is 0.106. The van der Waals surface area contributed by atoms with Crippen molar-refractivity contribution in [3.63, 3.8) is 0 Å². The number of hydrogen-bond acceptors (Lipinski definition) is 4. The van der Waals surface area contributed by atoms with Crippen molar-refractivity contribution in [2.24, 2.45) is 5.92 Å². The highest BCUT2D eigenvalue weighted by Crippen LogP contribution is 2.33. The molecule has 0 bridgehead atoms. The maximum absolute atomic E-state index is 13.2. The van der Waals surface area contributed by atoms with Gasteiger partial charge in [0.25, 0.3) is 0 Å². The van der Waals surface area contributed by atoms with Crippen molar-refractivity contribution in [2.45, 2.75) is 36.6 Å². The molecule has 2 heterocycles. The number of likely N-dealkylation sites (tertiary alicyclic amines) is 2. The van der Waals surface area contributed by atoms with E-state index in [1.54, 1.807) is 28.6 Å². The molecule has 142 valence electrons. The molecular formula is C19H27N3O3S. The molecule has 0 unspecified atom stereocenters. The average Bonchev–Trinajstić information content (AvgIpc) is 3.33. The van der Waals surface area contributed by atoms with Gasteiger partial charge in [0.05, 0.1) is 10.9 Å². The molecule has 1 aliphatic carbocycles. The van der Waals surface area contributed by atoms with Crippen LogP contribution in [0.3, 0.4) is 0 Å². The topological polar surface area (TPSA) is 60.9 Å². The molecule has 0 aromatic heterocycles. The van der Waals surface area contributed by atoms with Gasteiger partial charge in [-0.1, -0.05) is 18.2 Å². The Morgan fingerprint density at radius 1 is 1.08 bits per heavy atom. The first-order valence-corrected chi connectivity index (χ1v) is 11.1. The van der Waals surface area contributed by atoms with Gasteiger partial charge in [-0.05, 0) is 50.9 Å². The van der Waals surface area contributed by atoms with Gasteiger partial charge in [-0.15, -0.1) is 0 Å². The Kier molecular flexibility index (Phi) is 5.03. The summed E-state index contributed by atoms with van der Waals surface area (Å²) in [7, 11) is -3.54. The van der Waals surface area contributed by atoms with E-state index in [1.165, 1.54) is 12.8 Å². The first-order chi connectivity index (χ1) is 12.6. The lowest BCUT2D eigenvalue weighted by molar-refractivity contribution is -0.138. The summed E-state index contributed by atoms with van der Waals surface area (Å²) in [5.41, 5.74) is 0. The van der Waals surface area contributed by atoms with Crippen LogP contribution in [0, 0.1) is 5.92 Å². The minimum atomic E-state index is -3.54. The fourth-order valence-corrected chi connectivity index (χ4v) is 5.50. The summed E-state index contributed by atoms with van der Waals surface area (Å²) >= 11 is 0. The van der Waals surface area contributed by atoms with Crippen molar-refractivity contribution in [3.05, 3.63) is 30.3 Å². The van der Waals surface area contributed by atoms with Gasteiger partial charge in [-0.25, -0.2) is 8.42 Å². The van der Waals surface area contributed by atoms with Crippen LogP contribution in [0.1, 0.15) is 25.7 Å². The number of rotatable bonds is 7. The molecule has 2 aliphatic heterocycles. The van der Waals surface area contributed by atoms with Crippen LogP contribution in [0.2, 0.25) is 0 Å². The third-order valence-electron chi connectivity index (χ3n) is 5.69. The molecule has 2 saturated heterocycles. The molecule has 3 fully saturated rings. The van der Waals surface area contributed by atoms with Crippen LogP contribution in [0.5, 0.6) is 0 Å². The molecule has 1 saturated carbocycles. The highest BCUT2D eigenvalue weighted by molar-refractivity contribution is 7.89. The number of amides is 1. The third kappa shape index (κ3) is 3.66. The maximum atomic E-state index is 13.2. The van der Waals surface area contributed by atoms with Crippen LogP contribution in [-0.2, 0) is 14.8 Å². The molecule has 1 aromatic rings. The quantitative estimate of drug-likeness (QED) is 0.721. The number of sulfonamides is 1. The molecule has 4 rings (SSSR count). The van der Waals surface area contributed by atoms with Gasteiger partial charge in [-0.2, -0.15) is 4.31 Å². The zero-order chi connectivity index (χ0) is 18.1. The Hall–Kier alpha value is -1.44. The van der Waals surface area contributed by atoms with E-state index in [9.17, 15) is 13.2 Å². The molecular weight excluding hydrogens is 350 g/mol. The lowest BCUT2D eigenvalue weighted by Crippen LogP contribution is -2.63. The predicted molar refractivity (Wildman–Crippen MR) is 99.1 cm³/mol. The first-order valence-electron chi connectivity index (χ1n) is 9.64. The van der Waals surface area contributed by atoms with Crippen LogP contribution in [0.15, 0.2) is 35.2 Å². The van der Waals surface area contributed by atoms with Gasteiger partial charge in [0.2, 0.25) is 15.9 Å². The third-order valence-corrected chi connectivity index (χ3v) is 7.66. The summed E-state index contributed by atoms with van der Waals surface area (Å²) in [4.78, 5) is 16.7. The Bertz CT molecular complexity index is 737. The summed E-state index contributed by atoms with van der Waals surface area (Å²) in [6.45, 7) is 4.42. The van der Waals surface area contributed by atoms with Crippen LogP contribution in [0.25, 0.3) is 0 Å². The SMILES string of the molecule is O=C(C1CC1)N1CC(N(CCN2CCCC2)S(=O)(=O)c2ccccc2)C1. The van der Waals surface area contributed by atoms with Crippen LogP contribution < -0.4 is 0 Å². The van der Waals surface area contributed by atoms with Crippen LogP contribution >= 0.6 is 0 Å². The number of carbonyl (C=O) groups is 1. The molecule has 3 aliphatic rings. The smallest absolute Gasteiger partial charge is 0.243 e. The highest BCUT2D eigenvalue weighted by Gasteiger charge is 2.44. The van der Waals surface area contributed by atoms with E-state index in [1.807, 2.05) is 11.0 Å². The highest BCUT2D eigenvalue weighted by atomic mass is 32.2. The van der Waals surface area contributed by atoms with Gasteiger partial charge >= 0.3 is 0 Å². The van der Waals surface area contributed by atoms with Crippen molar-refractivity contribution >= 4 is 15.9 Å². The summed E-state index contributed by atoms with van der Waals surface area (Å²) in [5, 5.41) is 0. The molecule has 0 radical (unpaired) electrons. The summed E-state index contributed by atoms with van der Waals surface area (Å²) in [6.07, 6.45) is 4.36. The lowest BCUT2D eigenvalue weighted by Gasteiger charge is -2.45. The van der Waals surface area contributed by atoms with Crippen molar-refractivity contribution < 1.29 is 13.2 Å². The molecule has 6 nitrogen and oxygen atoms in total. The fourth-order valence-electron chi connectivity index (χ4n) is 3.88. The molecule has 0 N–H and O–H groups in total. The molecule has 26 heavy (non-hydrogen) atoms. The maximum Gasteiger partial charge on any atom is 0.243 e. The van der Waals surface area contributed by atoms with E-state index in [2.05, 4.69) is 4.90 Å². The van der Waals surface area contributed by atoms with E-state index in [-0.39, 0.29) is 17.9 Å². The normalized spacial score (nSPS) is 22.0. The molecule has 0 spiro atoms. The van der Waals surface area contributed by atoms with E-state index in [0.29, 0.717) is 24.5 Å². The van der Waals surface area contributed by atoms with Crippen LogP contribution in [-0.4, -0.2) is 73.7 Å². The van der Waals surface area contributed by atoms with Crippen molar-refractivity contribution in [2.75, 3.05) is 39.3 Å². The number of nitrogens with zero attached hydrogens (tertiary/aromatic N) is 3. The zero-order valence-corrected chi connectivity index (χ0v) is 15.9. The molecule has 7 heteroatoms. The second-order valence-electron chi connectivity index (χ2n) is 7.65. The van der Waals surface area contributed by atoms with E-state index in [0.717, 1.165) is 32.5 Å². The summed E-state index contributed by atoms with van der Waals surface area (Å²) < 4.78 is 28.0. The monoisotopic (exact) mass is 377 g/mol. The number of benzene rings is 1. The van der Waals surface area contributed by atoms with Gasteiger partial charge in [-0.3, -0.25) is 4.79 Å². The standard InChI is InChI=1S/C19H27N3O3S/c23-19(16-8-9-16)21-14-17(15-21)22(13-12-20-10-4-5-11-20)26(24,25)18-6-2-1-3-7-18/h1-3,6-7,16-17H,4-5,8-15H2. The first kappa shape index (κ1) is 17.9. The Morgan fingerprint density at radius 2 is 1.73 bits per heavy atom. The summed E-state index contributed by atoms with van der Waals surface area (Å²) in [5.74, 6) is 0.401. The fraction of sp³-hybridized carbons (Fsp3) is 0.632. The van der Waals surface area contributed by atoms with Gasteiger partial charge in [0.15, 0.2) is 0 Å². The van der Waals surface area contributed by atoms with Crippen molar-refractivity contribution in [1.29, 1.82) is 0 Å². The second-order valence-corrected chi connectivity index (χ2v) is 9.54. The summed E-state index contributed by atoms with van der Waals surface area (Å²) in [6, 6.07) is 8.55. The largest absolute Gasteiger partial charge is 0.339 e. The van der Waals surface area contributed by atoms with Crippen molar-refractivity contribution in [1.82, 2.24) is 14.1 Å². The molecule has 1 amide bonds. The molecule has 0 atom stereocenters. The Labute approximate surface area is 155 Å². The Balaban J connectivity index is 1.47.